The Balaban J connectivity index is 1.98. The van der Waals surface area contributed by atoms with E-state index in [2.05, 4.69) is 0 Å². The Labute approximate surface area is 135 Å². The highest BCUT2D eigenvalue weighted by atomic mass is 32.2. The molecule has 0 heterocycles. The van der Waals surface area contributed by atoms with E-state index in [1.54, 1.807) is 18.2 Å². The first kappa shape index (κ1) is 19.5. The van der Waals surface area contributed by atoms with Gasteiger partial charge < -0.3 is 19.3 Å². The van der Waals surface area contributed by atoms with Crippen LogP contribution in [0.25, 0.3) is 0 Å². The smallest absolute Gasteiger partial charge is 0.329 e. The van der Waals surface area contributed by atoms with Crippen LogP contribution in [-0.4, -0.2) is 65.7 Å². The molecule has 9 heteroatoms. The Hall–Kier alpha value is -1.52. The number of aliphatic carboxylic acids is 1. The standard InChI is InChI=1S/C14H20O8S/c15-14(16)12-21-9-8-19-6-7-20-10-11-22-23(17,18)13-4-2-1-3-5-13/h1-5H,6-12H2,(H,15,16). The maximum atomic E-state index is 11.8. The zero-order chi connectivity index (χ0) is 17.0. The van der Waals surface area contributed by atoms with Crippen LogP contribution in [0.4, 0.5) is 0 Å². The summed E-state index contributed by atoms with van der Waals surface area (Å²) in [5.74, 6) is -1.03. The molecule has 1 N–H and O–H groups in total. The van der Waals surface area contributed by atoms with Crippen molar-refractivity contribution in [1.29, 1.82) is 0 Å². The third-order valence-electron chi connectivity index (χ3n) is 2.47. The quantitative estimate of drug-likeness (QED) is 0.406. The first-order valence-corrected chi connectivity index (χ1v) is 8.33. The van der Waals surface area contributed by atoms with Gasteiger partial charge in [-0.3, -0.25) is 4.18 Å². The van der Waals surface area contributed by atoms with E-state index in [0.29, 0.717) is 6.61 Å². The van der Waals surface area contributed by atoms with Gasteiger partial charge in [-0.05, 0) is 12.1 Å². The highest BCUT2D eigenvalue weighted by molar-refractivity contribution is 7.86. The fourth-order valence-electron chi connectivity index (χ4n) is 1.46. The van der Waals surface area contributed by atoms with Crippen LogP contribution in [0.2, 0.25) is 0 Å². The Kier molecular flexibility index (Phi) is 9.41. The number of hydrogen-bond acceptors (Lipinski definition) is 7. The van der Waals surface area contributed by atoms with Crippen molar-refractivity contribution < 1.29 is 36.7 Å². The number of carbonyl (C=O) groups is 1. The van der Waals surface area contributed by atoms with E-state index in [0.717, 1.165) is 0 Å². The highest BCUT2D eigenvalue weighted by Gasteiger charge is 2.13. The van der Waals surface area contributed by atoms with Gasteiger partial charge >= 0.3 is 5.97 Å². The lowest BCUT2D eigenvalue weighted by Crippen LogP contribution is -2.15. The summed E-state index contributed by atoms with van der Waals surface area (Å²) in [7, 11) is -3.75. The Morgan fingerprint density at radius 3 is 1.96 bits per heavy atom. The number of ether oxygens (including phenoxy) is 3. The van der Waals surface area contributed by atoms with Crippen molar-refractivity contribution in [2.75, 3.05) is 46.2 Å². The van der Waals surface area contributed by atoms with Crippen molar-refractivity contribution >= 4 is 16.1 Å². The predicted molar refractivity (Wildman–Crippen MR) is 79.7 cm³/mol. The molecular formula is C14H20O8S. The maximum absolute atomic E-state index is 11.8. The van der Waals surface area contributed by atoms with Crippen molar-refractivity contribution in [2.24, 2.45) is 0 Å². The molecule has 0 aliphatic carbocycles. The van der Waals surface area contributed by atoms with Gasteiger partial charge in [0, 0.05) is 0 Å². The average Bonchev–Trinajstić information content (AvgIpc) is 2.53. The van der Waals surface area contributed by atoms with E-state index in [-0.39, 0.29) is 44.5 Å². The Morgan fingerprint density at radius 2 is 1.39 bits per heavy atom. The monoisotopic (exact) mass is 348 g/mol. The van der Waals surface area contributed by atoms with Crippen LogP contribution in [0.1, 0.15) is 0 Å². The second-order valence-corrected chi connectivity index (χ2v) is 5.88. The molecule has 130 valence electrons. The van der Waals surface area contributed by atoms with E-state index in [4.69, 9.17) is 23.5 Å². The van der Waals surface area contributed by atoms with Gasteiger partial charge in [-0.15, -0.1) is 0 Å². The van der Waals surface area contributed by atoms with Crippen molar-refractivity contribution in [3.8, 4) is 0 Å². The molecule has 0 aromatic heterocycles. The molecule has 0 radical (unpaired) electrons. The van der Waals surface area contributed by atoms with Gasteiger partial charge in [0.25, 0.3) is 10.1 Å². The summed E-state index contributed by atoms with van der Waals surface area (Å²) in [6, 6.07) is 7.86. The zero-order valence-electron chi connectivity index (χ0n) is 12.5. The zero-order valence-corrected chi connectivity index (χ0v) is 13.4. The minimum atomic E-state index is -3.75. The van der Waals surface area contributed by atoms with Gasteiger partial charge in [-0.1, -0.05) is 18.2 Å². The lowest BCUT2D eigenvalue weighted by atomic mass is 10.4. The number of rotatable bonds is 13. The molecule has 0 bridgehead atoms. The molecule has 23 heavy (non-hydrogen) atoms. The van der Waals surface area contributed by atoms with Gasteiger partial charge in [-0.2, -0.15) is 8.42 Å². The van der Waals surface area contributed by atoms with Crippen molar-refractivity contribution in [2.45, 2.75) is 4.90 Å². The van der Waals surface area contributed by atoms with Gasteiger partial charge in [-0.25, -0.2) is 4.79 Å². The van der Waals surface area contributed by atoms with Gasteiger partial charge in [0.15, 0.2) is 0 Å². The minimum Gasteiger partial charge on any atom is -0.480 e. The van der Waals surface area contributed by atoms with Crippen LogP contribution in [0.15, 0.2) is 35.2 Å². The molecule has 0 fully saturated rings. The molecule has 1 aromatic carbocycles. The molecule has 0 unspecified atom stereocenters. The Bertz CT molecular complexity index is 543. The molecule has 0 amide bonds. The van der Waals surface area contributed by atoms with Crippen molar-refractivity contribution in [1.82, 2.24) is 0 Å². The van der Waals surface area contributed by atoms with E-state index < -0.39 is 16.1 Å². The van der Waals surface area contributed by atoms with Crippen LogP contribution in [-0.2, 0) is 33.3 Å². The predicted octanol–water partition coefficient (Wildman–Crippen LogP) is 0.526. The summed E-state index contributed by atoms with van der Waals surface area (Å²) in [5, 5.41) is 8.33. The molecule has 0 aliphatic rings. The van der Waals surface area contributed by atoms with Crippen LogP contribution >= 0.6 is 0 Å². The van der Waals surface area contributed by atoms with Crippen LogP contribution < -0.4 is 0 Å². The van der Waals surface area contributed by atoms with E-state index >= 15 is 0 Å². The van der Waals surface area contributed by atoms with Gasteiger partial charge in [0.05, 0.1) is 44.5 Å². The molecular weight excluding hydrogens is 328 g/mol. The Morgan fingerprint density at radius 1 is 0.870 bits per heavy atom. The second-order valence-electron chi connectivity index (χ2n) is 4.26. The largest absolute Gasteiger partial charge is 0.480 e. The third kappa shape index (κ3) is 9.26. The van der Waals surface area contributed by atoms with Crippen LogP contribution in [0.5, 0.6) is 0 Å². The lowest BCUT2D eigenvalue weighted by Gasteiger charge is -2.07. The summed E-state index contributed by atoms with van der Waals surface area (Å²) < 4.78 is 43.4. The van der Waals surface area contributed by atoms with E-state index in [9.17, 15) is 13.2 Å². The fraction of sp³-hybridized carbons (Fsp3) is 0.500. The summed E-state index contributed by atoms with van der Waals surface area (Å²) in [4.78, 5) is 10.3. The topological polar surface area (TPSA) is 108 Å². The normalized spacial score (nSPS) is 11.5. The molecule has 8 nitrogen and oxygen atoms in total. The number of benzene rings is 1. The summed E-state index contributed by atoms with van der Waals surface area (Å²) in [6.07, 6.45) is 0. The van der Waals surface area contributed by atoms with Crippen molar-refractivity contribution in [3.63, 3.8) is 0 Å². The summed E-state index contributed by atoms with van der Waals surface area (Å²) >= 11 is 0. The lowest BCUT2D eigenvalue weighted by molar-refractivity contribution is -0.142. The molecule has 0 aliphatic heterocycles. The van der Waals surface area contributed by atoms with Gasteiger partial charge in [0.2, 0.25) is 0 Å². The molecule has 0 atom stereocenters. The fourth-order valence-corrected chi connectivity index (χ4v) is 2.37. The van der Waals surface area contributed by atoms with E-state index in [1.165, 1.54) is 12.1 Å². The summed E-state index contributed by atoms with van der Waals surface area (Å²) in [6.45, 7) is 0.687. The van der Waals surface area contributed by atoms with Gasteiger partial charge in [0.1, 0.15) is 6.61 Å². The molecule has 0 saturated heterocycles. The SMILES string of the molecule is O=C(O)COCCOCCOCCOS(=O)(=O)c1ccccc1. The first-order valence-electron chi connectivity index (χ1n) is 6.92. The third-order valence-corrected chi connectivity index (χ3v) is 3.79. The molecule has 0 saturated carbocycles. The molecule has 0 spiro atoms. The highest BCUT2D eigenvalue weighted by Crippen LogP contribution is 2.10. The first-order chi connectivity index (χ1) is 11.0. The number of carboxylic acid groups (broad SMARTS) is 1. The number of carboxylic acids is 1. The number of hydrogen-bond donors (Lipinski definition) is 1. The van der Waals surface area contributed by atoms with Crippen LogP contribution in [0.3, 0.4) is 0 Å². The second kappa shape index (κ2) is 11.1. The van der Waals surface area contributed by atoms with Crippen LogP contribution in [0, 0.1) is 0 Å². The molecule has 1 aromatic rings. The van der Waals surface area contributed by atoms with E-state index in [1.807, 2.05) is 0 Å². The summed E-state index contributed by atoms with van der Waals surface area (Å²) in [5.41, 5.74) is 0. The maximum Gasteiger partial charge on any atom is 0.329 e. The minimum absolute atomic E-state index is 0.0844. The molecule has 1 rings (SSSR count). The average molecular weight is 348 g/mol. The van der Waals surface area contributed by atoms with Crippen molar-refractivity contribution in [3.05, 3.63) is 30.3 Å².